The summed E-state index contributed by atoms with van der Waals surface area (Å²) in [6.45, 7) is 2.13. The van der Waals surface area contributed by atoms with E-state index in [-0.39, 0.29) is 5.41 Å². The first-order valence-corrected chi connectivity index (χ1v) is 6.53. The lowest BCUT2D eigenvalue weighted by molar-refractivity contribution is 0.112. The minimum absolute atomic E-state index is 0.250. The highest BCUT2D eigenvalue weighted by Gasteiger charge is 2.58. The predicted molar refractivity (Wildman–Crippen MR) is 72.0 cm³/mol. The second kappa shape index (κ2) is 3.42. The quantitative estimate of drug-likeness (QED) is 0.813. The molecule has 2 nitrogen and oxygen atoms in total. The van der Waals surface area contributed by atoms with Crippen LogP contribution in [0.15, 0.2) is 36.4 Å². The summed E-state index contributed by atoms with van der Waals surface area (Å²) >= 11 is 0. The zero-order chi connectivity index (χ0) is 12.2. The fourth-order valence-electron chi connectivity index (χ4n) is 3.62. The van der Waals surface area contributed by atoms with Crippen LogP contribution in [0.5, 0.6) is 0 Å². The van der Waals surface area contributed by atoms with Crippen molar-refractivity contribution in [3.8, 4) is 0 Å². The molecule has 1 saturated heterocycles. The van der Waals surface area contributed by atoms with Crippen molar-refractivity contribution in [2.75, 3.05) is 13.1 Å². The van der Waals surface area contributed by atoms with Crippen molar-refractivity contribution >= 4 is 17.1 Å². The van der Waals surface area contributed by atoms with Crippen LogP contribution in [0.4, 0.5) is 0 Å². The van der Waals surface area contributed by atoms with Crippen molar-refractivity contribution in [1.82, 2.24) is 5.32 Å². The average molecular weight is 237 g/mol. The number of rotatable bonds is 2. The molecule has 18 heavy (non-hydrogen) atoms. The molecule has 0 unspecified atom stereocenters. The number of nitrogens with one attached hydrogen (secondary N) is 1. The largest absolute Gasteiger partial charge is 0.316 e. The van der Waals surface area contributed by atoms with Crippen LogP contribution < -0.4 is 5.32 Å². The van der Waals surface area contributed by atoms with Gasteiger partial charge in [-0.25, -0.2) is 0 Å². The highest BCUT2D eigenvalue weighted by atomic mass is 16.1. The lowest BCUT2D eigenvalue weighted by Crippen LogP contribution is -2.20. The molecule has 1 aliphatic heterocycles. The molecule has 4 rings (SSSR count). The third-order valence-electron chi connectivity index (χ3n) is 4.69. The number of carbonyl (C=O) groups excluding carboxylic acids is 1. The topological polar surface area (TPSA) is 29.1 Å². The molecule has 1 heterocycles. The van der Waals surface area contributed by atoms with Gasteiger partial charge in [0.25, 0.3) is 0 Å². The lowest BCUT2D eigenvalue weighted by atomic mass is 9.88. The Kier molecular flexibility index (Phi) is 1.95. The number of fused-ring (bicyclic) bond motifs is 2. The number of hydrogen-bond donors (Lipinski definition) is 1. The van der Waals surface area contributed by atoms with E-state index in [1.807, 2.05) is 12.1 Å². The summed E-state index contributed by atoms with van der Waals surface area (Å²) in [5.41, 5.74) is 2.41. The number of hydrogen-bond acceptors (Lipinski definition) is 2. The summed E-state index contributed by atoms with van der Waals surface area (Å²) in [5, 5.41) is 5.69. The molecule has 1 saturated carbocycles. The summed E-state index contributed by atoms with van der Waals surface area (Å²) in [7, 11) is 0. The maximum absolute atomic E-state index is 11.5. The van der Waals surface area contributed by atoms with Crippen LogP contribution in [0.2, 0.25) is 0 Å². The van der Waals surface area contributed by atoms with Crippen molar-refractivity contribution < 1.29 is 4.79 Å². The van der Waals surface area contributed by atoms with E-state index in [0.29, 0.717) is 0 Å². The third-order valence-corrected chi connectivity index (χ3v) is 4.69. The molecule has 1 N–H and O–H groups in total. The third kappa shape index (κ3) is 1.19. The Hall–Kier alpha value is -1.67. The fourth-order valence-corrected chi connectivity index (χ4v) is 3.62. The van der Waals surface area contributed by atoms with Crippen molar-refractivity contribution in [2.24, 2.45) is 5.92 Å². The van der Waals surface area contributed by atoms with Gasteiger partial charge < -0.3 is 5.32 Å². The summed E-state index contributed by atoms with van der Waals surface area (Å²) in [6.07, 6.45) is 2.28. The first kappa shape index (κ1) is 10.3. The van der Waals surface area contributed by atoms with Gasteiger partial charge in [0.1, 0.15) is 0 Å². The summed E-state index contributed by atoms with van der Waals surface area (Å²) < 4.78 is 0. The van der Waals surface area contributed by atoms with Crippen LogP contribution in [0.1, 0.15) is 22.3 Å². The monoisotopic (exact) mass is 237 g/mol. The second-order valence-electron chi connectivity index (χ2n) is 5.55. The summed E-state index contributed by atoms with van der Waals surface area (Å²) in [5.74, 6) is 0.734. The molecule has 0 radical (unpaired) electrons. The van der Waals surface area contributed by atoms with Gasteiger partial charge >= 0.3 is 0 Å². The van der Waals surface area contributed by atoms with Gasteiger partial charge in [0.05, 0.1) is 0 Å². The number of aldehydes is 1. The molecule has 2 heteroatoms. The molecule has 2 aromatic carbocycles. The van der Waals surface area contributed by atoms with E-state index in [0.717, 1.165) is 41.6 Å². The molecule has 0 bridgehead atoms. The highest BCUT2D eigenvalue weighted by Crippen LogP contribution is 2.57. The molecule has 0 spiro atoms. The summed E-state index contributed by atoms with van der Waals surface area (Å²) in [6, 6.07) is 12.5. The van der Waals surface area contributed by atoms with E-state index in [9.17, 15) is 4.79 Å². The van der Waals surface area contributed by atoms with Crippen molar-refractivity contribution in [3.05, 3.63) is 47.5 Å². The van der Waals surface area contributed by atoms with Crippen molar-refractivity contribution in [3.63, 3.8) is 0 Å². The highest BCUT2D eigenvalue weighted by molar-refractivity contribution is 6.00. The molecular formula is C16H15NO. The molecule has 0 amide bonds. The van der Waals surface area contributed by atoms with E-state index >= 15 is 0 Å². The van der Waals surface area contributed by atoms with Gasteiger partial charge in [-0.1, -0.05) is 36.4 Å². The molecule has 0 aromatic heterocycles. The molecular weight excluding hydrogens is 222 g/mol. The van der Waals surface area contributed by atoms with E-state index < -0.39 is 0 Å². The second-order valence-corrected chi connectivity index (χ2v) is 5.55. The van der Waals surface area contributed by atoms with Crippen LogP contribution in [0.25, 0.3) is 10.8 Å². The molecule has 90 valence electrons. The van der Waals surface area contributed by atoms with E-state index in [1.54, 1.807) is 0 Å². The molecule has 2 fully saturated rings. The Morgan fingerprint density at radius 2 is 2.11 bits per heavy atom. The first-order chi connectivity index (χ1) is 8.85. The Labute approximate surface area is 106 Å². The van der Waals surface area contributed by atoms with Gasteiger partial charge in [0.2, 0.25) is 0 Å². The molecule has 2 atom stereocenters. The maximum Gasteiger partial charge on any atom is 0.150 e. The SMILES string of the molecule is O=Cc1c([C@]23CNC[C@H]2C3)ccc2ccccc12. The summed E-state index contributed by atoms with van der Waals surface area (Å²) in [4.78, 5) is 11.5. The van der Waals surface area contributed by atoms with Gasteiger partial charge in [-0.05, 0) is 35.2 Å². The van der Waals surface area contributed by atoms with Crippen molar-refractivity contribution in [1.29, 1.82) is 0 Å². The molecule has 2 aromatic rings. The fraction of sp³-hybridized carbons (Fsp3) is 0.312. The van der Waals surface area contributed by atoms with Gasteiger partial charge in [0.15, 0.2) is 6.29 Å². The predicted octanol–water partition coefficient (Wildman–Crippen LogP) is 2.51. The Balaban J connectivity index is 1.99. The number of carbonyl (C=O) groups is 1. The van der Waals surface area contributed by atoms with Crippen LogP contribution in [0, 0.1) is 5.92 Å². The Bertz CT molecular complexity index is 649. The maximum atomic E-state index is 11.5. The van der Waals surface area contributed by atoms with Crippen LogP contribution in [0.3, 0.4) is 0 Å². The van der Waals surface area contributed by atoms with Gasteiger partial charge in [-0.15, -0.1) is 0 Å². The average Bonchev–Trinajstić information content (AvgIpc) is 2.99. The van der Waals surface area contributed by atoms with E-state index in [1.165, 1.54) is 12.0 Å². The molecule has 1 aliphatic carbocycles. The Morgan fingerprint density at radius 1 is 1.22 bits per heavy atom. The minimum atomic E-state index is 0.250. The van der Waals surface area contributed by atoms with Crippen molar-refractivity contribution in [2.45, 2.75) is 11.8 Å². The number of benzene rings is 2. The Morgan fingerprint density at radius 3 is 2.83 bits per heavy atom. The van der Waals surface area contributed by atoms with Gasteiger partial charge in [-0.2, -0.15) is 0 Å². The first-order valence-electron chi connectivity index (χ1n) is 6.53. The van der Waals surface area contributed by atoms with Gasteiger partial charge in [-0.3, -0.25) is 4.79 Å². The number of piperidine rings is 1. The lowest BCUT2D eigenvalue weighted by Gasteiger charge is -2.16. The standard InChI is InChI=1S/C16H15NO/c18-9-14-13-4-2-1-3-11(13)5-6-15(14)16-7-12(16)8-17-10-16/h1-6,9,12,17H,7-8,10H2/t12-,16-/m1/s1. The normalized spacial score (nSPS) is 29.2. The van der Waals surface area contributed by atoms with E-state index in [4.69, 9.17) is 0 Å². The van der Waals surface area contributed by atoms with Gasteiger partial charge in [0, 0.05) is 17.5 Å². The van der Waals surface area contributed by atoms with Crippen LogP contribution in [-0.4, -0.2) is 19.4 Å². The minimum Gasteiger partial charge on any atom is -0.316 e. The smallest absolute Gasteiger partial charge is 0.150 e. The zero-order valence-electron chi connectivity index (χ0n) is 10.1. The van der Waals surface area contributed by atoms with Crippen LogP contribution in [-0.2, 0) is 5.41 Å². The molecule has 2 aliphatic rings. The van der Waals surface area contributed by atoms with Crippen LogP contribution >= 0.6 is 0 Å². The zero-order valence-corrected chi connectivity index (χ0v) is 10.1. The van der Waals surface area contributed by atoms with E-state index in [2.05, 4.69) is 29.6 Å².